The number of fused-ring (bicyclic) bond motifs is 1. The molecule has 1 aromatic carbocycles. The van der Waals surface area contributed by atoms with Crippen molar-refractivity contribution in [1.82, 2.24) is 4.90 Å². The monoisotopic (exact) mass is 373 g/mol. The topological polar surface area (TPSA) is 72.9 Å². The number of hydrogen-bond acceptors (Lipinski definition) is 5. The molecule has 1 aliphatic carbocycles. The first-order valence-corrected chi connectivity index (χ1v) is 9.55. The zero-order valence-electron chi connectivity index (χ0n) is 16.2. The van der Waals surface area contributed by atoms with Gasteiger partial charge < -0.3 is 9.47 Å². The first-order chi connectivity index (χ1) is 12.8. The van der Waals surface area contributed by atoms with Crippen LogP contribution in [0.15, 0.2) is 24.3 Å². The van der Waals surface area contributed by atoms with Gasteiger partial charge in [0.1, 0.15) is 12.7 Å². The summed E-state index contributed by atoms with van der Waals surface area (Å²) < 4.78 is 11.0. The number of imide groups is 1. The molecular formula is C21H27NO5. The molecule has 1 saturated carbocycles. The number of esters is 1. The Morgan fingerprint density at radius 2 is 1.63 bits per heavy atom. The molecule has 1 aromatic rings. The van der Waals surface area contributed by atoms with Gasteiger partial charge in [0, 0.05) is 0 Å². The maximum Gasteiger partial charge on any atom is 0.332 e. The van der Waals surface area contributed by atoms with Gasteiger partial charge in [-0.15, -0.1) is 0 Å². The Bertz CT molecular complexity index is 699. The normalized spacial score (nSPS) is 22.7. The van der Waals surface area contributed by atoms with Crippen molar-refractivity contribution >= 4 is 17.8 Å². The highest BCUT2D eigenvalue weighted by Gasteiger charge is 2.44. The maximum atomic E-state index is 12.6. The number of hydrogen-bond donors (Lipinski definition) is 0. The summed E-state index contributed by atoms with van der Waals surface area (Å²) in [6, 6.07) is 6.77. The van der Waals surface area contributed by atoms with Crippen LogP contribution in [0.5, 0.6) is 0 Å². The van der Waals surface area contributed by atoms with Crippen LogP contribution in [0.2, 0.25) is 0 Å². The minimum Gasteiger partial charge on any atom is -0.461 e. The van der Waals surface area contributed by atoms with Crippen LogP contribution in [0.4, 0.5) is 0 Å². The summed E-state index contributed by atoms with van der Waals surface area (Å²) in [4.78, 5) is 38.4. The van der Waals surface area contributed by atoms with E-state index in [0.717, 1.165) is 25.7 Å². The molecule has 6 heteroatoms. The van der Waals surface area contributed by atoms with Crippen molar-refractivity contribution in [2.45, 2.75) is 58.1 Å². The molecule has 1 aliphatic heterocycles. The summed E-state index contributed by atoms with van der Waals surface area (Å²) >= 11 is 0. The van der Waals surface area contributed by atoms with Gasteiger partial charge in [-0.3, -0.25) is 14.5 Å². The average Bonchev–Trinajstić information content (AvgIpc) is 2.89. The van der Waals surface area contributed by atoms with Gasteiger partial charge in [0.05, 0.1) is 23.3 Å². The molecule has 0 bridgehead atoms. The molecule has 0 aromatic heterocycles. The quantitative estimate of drug-likeness (QED) is 0.566. The van der Waals surface area contributed by atoms with E-state index < -0.39 is 11.5 Å². The van der Waals surface area contributed by atoms with E-state index >= 15 is 0 Å². The summed E-state index contributed by atoms with van der Waals surface area (Å²) in [5, 5.41) is 0. The summed E-state index contributed by atoms with van der Waals surface area (Å²) in [5.74, 6) is -0.365. The minimum atomic E-state index is -0.867. The van der Waals surface area contributed by atoms with Crippen LogP contribution < -0.4 is 0 Å². The SMILES string of the molecule is CC1CCC(OC(=O)COCC(C)(C)N2C(=O)c3ccccc3C2=O)CC1. The molecule has 0 unspecified atom stereocenters. The van der Waals surface area contributed by atoms with Gasteiger partial charge in [-0.2, -0.15) is 0 Å². The van der Waals surface area contributed by atoms with Crippen molar-refractivity contribution in [3.8, 4) is 0 Å². The van der Waals surface area contributed by atoms with Crippen molar-refractivity contribution in [3.63, 3.8) is 0 Å². The highest BCUT2D eigenvalue weighted by atomic mass is 16.6. The van der Waals surface area contributed by atoms with E-state index in [1.807, 2.05) is 0 Å². The van der Waals surface area contributed by atoms with Gasteiger partial charge in [-0.1, -0.05) is 19.1 Å². The summed E-state index contributed by atoms with van der Waals surface area (Å²) in [5.41, 5.74) is -0.0590. The van der Waals surface area contributed by atoms with Crippen LogP contribution in [0, 0.1) is 5.92 Å². The fourth-order valence-electron chi connectivity index (χ4n) is 3.75. The van der Waals surface area contributed by atoms with Gasteiger partial charge in [0.25, 0.3) is 11.8 Å². The molecule has 0 N–H and O–H groups in total. The predicted molar refractivity (Wildman–Crippen MR) is 99.4 cm³/mol. The summed E-state index contributed by atoms with van der Waals surface area (Å²) in [7, 11) is 0. The molecule has 0 saturated heterocycles. The average molecular weight is 373 g/mol. The Morgan fingerprint density at radius 1 is 1.07 bits per heavy atom. The Hall–Kier alpha value is -2.21. The maximum absolute atomic E-state index is 12.6. The Morgan fingerprint density at radius 3 is 2.19 bits per heavy atom. The lowest BCUT2D eigenvalue weighted by Gasteiger charge is -2.33. The second-order valence-electron chi connectivity index (χ2n) is 8.17. The number of rotatable bonds is 6. The van der Waals surface area contributed by atoms with Crippen LogP contribution in [-0.2, 0) is 14.3 Å². The zero-order chi connectivity index (χ0) is 19.6. The van der Waals surface area contributed by atoms with E-state index in [0.29, 0.717) is 17.0 Å². The van der Waals surface area contributed by atoms with Crippen molar-refractivity contribution in [2.75, 3.05) is 13.2 Å². The largest absolute Gasteiger partial charge is 0.461 e. The molecular weight excluding hydrogens is 346 g/mol. The highest BCUT2D eigenvalue weighted by molar-refractivity contribution is 6.21. The van der Waals surface area contributed by atoms with Crippen LogP contribution in [0.3, 0.4) is 0 Å². The lowest BCUT2D eigenvalue weighted by molar-refractivity contribution is -0.157. The van der Waals surface area contributed by atoms with E-state index in [2.05, 4.69) is 6.92 Å². The lowest BCUT2D eigenvalue weighted by Crippen LogP contribution is -2.50. The van der Waals surface area contributed by atoms with Gasteiger partial charge in [0.2, 0.25) is 0 Å². The van der Waals surface area contributed by atoms with E-state index in [4.69, 9.17) is 9.47 Å². The van der Waals surface area contributed by atoms with E-state index in [9.17, 15) is 14.4 Å². The molecule has 3 rings (SSSR count). The molecule has 2 aliphatic rings. The zero-order valence-corrected chi connectivity index (χ0v) is 16.2. The van der Waals surface area contributed by atoms with Crippen molar-refractivity contribution in [2.24, 2.45) is 5.92 Å². The number of benzene rings is 1. The van der Waals surface area contributed by atoms with Crippen molar-refractivity contribution in [1.29, 1.82) is 0 Å². The predicted octanol–water partition coefficient (Wildman–Crippen LogP) is 3.20. The van der Waals surface area contributed by atoms with Crippen LogP contribution in [0.1, 0.15) is 67.2 Å². The van der Waals surface area contributed by atoms with Gasteiger partial charge >= 0.3 is 5.97 Å². The van der Waals surface area contributed by atoms with E-state index in [-0.39, 0.29) is 31.1 Å². The molecule has 0 atom stereocenters. The van der Waals surface area contributed by atoms with Crippen molar-refractivity contribution in [3.05, 3.63) is 35.4 Å². The molecule has 146 valence electrons. The third kappa shape index (κ3) is 4.21. The highest BCUT2D eigenvalue weighted by Crippen LogP contribution is 2.29. The summed E-state index contributed by atoms with van der Waals surface area (Å²) in [6.07, 6.45) is 3.92. The molecule has 6 nitrogen and oxygen atoms in total. The van der Waals surface area contributed by atoms with Gasteiger partial charge in [-0.05, 0) is 57.6 Å². The smallest absolute Gasteiger partial charge is 0.332 e. The molecule has 2 amide bonds. The molecule has 0 spiro atoms. The first-order valence-electron chi connectivity index (χ1n) is 9.55. The molecule has 1 heterocycles. The van der Waals surface area contributed by atoms with E-state index in [1.165, 1.54) is 4.90 Å². The Kier molecular flexibility index (Phi) is 5.65. The fourth-order valence-corrected chi connectivity index (χ4v) is 3.75. The third-order valence-electron chi connectivity index (χ3n) is 5.34. The van der Waals surface area contributed by atoms with Crippen LogP contribution in [-0.4, -0.2) is 47.5 Å². The van der Waals surface area contributed by atoms with E-state index in [1.54, 1.807) is 38.1 Å². The Balaban J connectivity index is 1.51. The van der Waals surface area contributed by atoms with Crippen LogP contribution >= 0.6 is 0 Å². The second kappa shape index (κ2) is 7.80. The second-order valence-corrected chi connectivity index (χ2v) is 8.17. The number of ether oxygens (including phenoxy) is 2. The number of amides is 2. The number of carbonyl (C=O) groups is 3. The standard InChI is InChI=1S/C21H27NO5/c1-14-8-10-15(11-9-14)27-18(23)12-26-13-21(2,3)22-19(24)16-6-4-5-7-17(16)20(22)25/h4-7,14-15H,8-13H2,1-3H3. The third-order valence-corrected chi connectivity index (χ3v) is 5.34. The number of nitrogens with zero attached hydrogens (tertiary/aromatic N) is 1. The number of carbonyl (C=O) groups excluding carboxylic acids is 3. The summed E-state index contributed by atoms with van der Waals surface area (Å²) in [6.45, 7) is 5.60. The molecule has 27 heavy (non-hydrogen) atoms. The molecule has 0 radical (unpaired) electrons. The minimum absolute atomic E-state index is 0.0263. The van der Waals surface area contributed by atoms with Crippen LogP contribution in [0.25, 0.3) is 0 Å². The molecule has 1 fully saturated rings. The Labute approximate surface area is 159 Å². The first kappa shape index (κ1) is 19.5. The van der Waals surface area contributed by atoms with Crippen molar-refractivity contribution < 1.29 is 23.9 Å². The van der Waals surface area contributed by atoms with Gasteiger partial charge in [0.15, 0.2) is 0 Å². The lowest BCUT2D eigenvalue weighted by atomic mass is 9.89. The van der Waals surface area contributed by atoms with Gasteiger partial charge in [-0.25, -0.2) is 4.79 Å². The fraction of sp³-hybridized carbons (Fsp3) is 0.571.